The van der Waals surface area contributed by atoms with Crippen molar-refractivity contribution in [1.29, 1.82) is 0 Å². The fourth-order valence-corrected chi connectivity index (χ4v) is 3.75. The van der Waals surface area contributed by atoms with Gasteiger partial charge in [0.15, 0.2) is 5.96 Å². The minimum Gasteiger partial charge on any atom is -0.506 e. The van der Waals surface area contributed by atoms with Crippen LogP contribution in [0.2, 0.25) is 0 Å². The van der Waals surface area contributed by atoms with E-state index in [1.165, 1.54) is 0 Å². The number of pyridine rings is 1. The van der Waals surface area contributed by atoms with E-state index in [1.54, 1.807) is 6.07 Å². The van der Waals surface area contributed by atoms with Crippen molar-refractivity contribution in [2.45, 2.75) is 0 Å². The summed E-state index contributed by atoms with van der Waals surface area (Å²) in [5, 5.41) is 18.0. The largest absolute Gasteiger partial charge is 0.506 e. The number of piperazine rings is 1. The maximum atomic E-state index is 10.1. The van der Waals surface area contributed by atoms with Crippen LogP contribution in [0.15, 0.2) is 65.7 Å². The van der Waals surface area contributed by atoms with E-state index in [-0.39, 0.29) is 24.0 Å². The third-order valence-corrected chi connectivity index (χ3v) is 5.33. The Kier molecular flexibility index (Phi) is 8.16. The number of fused-ring (bicyclic) bond motifs is 1. The molecule has 2 heterocycles. The van der Waals surface area contributed by atoms with Gasteiger partial charge in [0, 0.05) is 51.7 Å². The number of benzene rings is 2. The lowest BCUT2D eigenvalue weighted by atomic mass is 10.2. The highest BCUT2D eigenvalue weighted by Crippen LogP contribution is 2.27. The average molecular weight is 532 g/mol. The lowest BCUT2D eigenvalue weighted by molar-refractivity contribution is 0.370. The third-order valence-electron chi connectivity index (χ3n) is 5.33. The first-order valence-corrected chi connectivity index (χ1v) is 10.3. The summed E-state index contributed by atoms with van der Waals surface area (Å²) >= 11 is 0. The van der Waals surface area contributed by atoms with E-state index in [0.29, 0.717) is 5.75 Å². The molecule has 0 spiro atoms. The minimum atomic E-state index is 0. The normalized spacial score (nSPS) is 14.3. The number of aliphatic imine (C=N–C) groups is 1. The zero-order valence-electron chi connectivity index (χ0n) is 17.7. The van der Waals surface area contributed by atoms with Crippen molar-refractivity contribution >= 4 is 52.3 Å². The average Bonchev–Trinajstić information content (AvgIpc) is 2.80. The van der Waals surface area contributed by atoms with Crippen molar-refractivity contribution < 1.29 is 5.11 Å². The number of phenolic OH excluding ortho intramolecular Hbond substituents is 1. The number of anilines is 2. The lowest BCUT2D eigenvalue weighted by Crippen LogP contribution is -2.53. The van der Waals surface area contributed by atoms with Crippen molar-refractivity contribution in [3.63, 3.8) is 0 Å². The van der Waals surface area contributed by atoms with Gasteiger partial charge < -0.3 is 25.5 Å². The molecule has 0 amide bonds. The Morgan fingerprint density at radius 1 is 0.968 bits per heavy atom. The first-order chi connectivity index (χ1) is 14.7. The number of phenols is 1. The number of halogens is 1. The molecular formula is C23H29IN6O. The molecule has 4 rings (SSSR count). The number of nitrogens with zero attached hydrogens (tertiary/aromatic N) is 4. The molecule has 7 nitrogen and oxygen atoms in total. The Bertz CT molecular complexity index is 1020. The van der Waals surface area contributed by atoms with Crippen LogP contribution >= 0.6 is 24.0 Å². The zero-order chi connectivity index (χ0) is 20.8. The number of rotatable bonds is 5. The van der Waals surface area contributed by atoms with Gasteiger partial charge in [0.25, 0.3) is 0 Å². The third kappa shape index (κ3) is 5.69. The van der Waals surface area contributed by atoms with Gasteiger partial charge in [0.2, 0.25) is 0 Å². The quantitative estimate of drug-likeness (QED) is 0.203. The molecule has 31 heavy (non-hydrogen) atoms. The van der Waals surface area contributed by atoms with Gasteiger partial charge in [-0.2, -0.15) is 0 Å². The van der Waals surface area contributed by atoms with Crippen LogP contribution < -0.4 is 15.5 Å². The van der Waals surface area contributed by atoms with Gasteiger partial charge in [-0.15, -0.1) is 24.0 Å². The summed E-state index contributed by atoms with van der Waals surface area (Å²) in [4.78, 5) is 13.5. The molecule has 1 aromatic heterocycles. The van der Waals surface area contributed by atoms with E-state index in [9.17, 15) is 5.11 Å². The van der Waals surface area contributed by atoms with Crippen LogP contribution in [0.25, 0.3) is 10.9 Å². The van der Waals surface area contributed by atoms with E-state index >= 15 is 0 Å². The summed E-state index contributed by atoms with van der Waals surface area (Å²) in [7, 11) is 1.82. The van der Waals surface area contributed by atoms with E-state index in [4.69, 9.17) is 0 Å². The van der Waals surface area contributed by atoms with Crippen LogP contribution in [0.5, 0.6) is 5.75 Å². The Morgan fingerprint density at radius 2 is 1.71 bits per heavy atom. The van der Waals surface area contributed by atoms with Crippen molar-refractivity contribution in [3.05, 3.63) is 60.7 Å². The monoisotopic (exact) mass is 532 g/mol. The van der Waals surface area contributed by atoms with Crippen molar-refractivity contribution in [1.82, 2.24) is 15.2 Å². The second-order valence-electron chi connectivity index (χ2n) is 7.25. The molecule has 1 saturated heterocycles. The molecule has 3 aromatic rings. The number of nitrogens with one attached hydrogen (secondary N) is 2. The molecule has 164 valence electrons. The molecule has 1 aliphatic rings. The standard InChI is InChI=1S/C23H28N6O.HI/c1-24-23(29-16-14-28(15-17-29)20-8-4-5-9-21(20)30)26-13-12-25-22-11-10-18-6-2-3-7-19(18)27-22;/h2-11,30H,12-17H2,1H3,(H,24,26)(H,25,27);1H. The minimum absolute atomic E-state index is 0. The first kappa shape index (κ1) is 22.9. The molecule has 2 aromatic carbocycles. The van der Waals surface area contributed by atoms with Crippen LogP contribution in [0.1, 0.15) is 0 Å². The Hall–Kier alpha value is -2.75. The molecular weight excluding hydrogens is 503 g/mol. The molecule has 0 bridgehead atoms. The lowest BCUT2D eigenvalue weighted by Gasteiger charge is -2.37. The highest BCUT2D eigenvalue weighted by Gasteiger charge is 2.21. The van der Waals surface area contributed by atoms with E-state index in [2.05, 4.69) is 42.5 Å². The number of para-hydroxylation sites is 3. The molecule has 0 atom stereocenters. The SMILES string of the molecule is CN=C(NCCNc1ccc2ccccc2n1)N1CCN(c2ccccc2O)CC1.I. The molecule has 1 aliphatic heterocycles. The number of aromatic nitrogens is 1. The number of aromatic hydroxyl groups is 1. The highest BCUT2D eigenvalue weighted by atomic mass is 127. The molecule has 0 radical (unpaired) electrons. The number of hydrogen-bond donors (Lipinski definition) is 3. The second-order valence-corrected chi connectivity index (χ2v) is 7.25. The molecule has 0 unspecified atom stereocenters. The van der Waals surface area contributed by atoms with Gasteiger partial charge in [0.1, 0.15) is 11.6 Å². The summed E-state index contributed by atoms with van der Waals surface area (Å²) in [5.41, 5.74) is 1.89. The highest BCUT2D eigenvalue weighted by molar-refractivity contribution is 14.0. The Labute approximate surface area is 200 Å². The van der Waals surface area contributed by atoms with Crippen LogP contribution in [-0.4, -0.2) is 67.3 Å². The Balaban J connectivity index is 0.00000272. The van der Waals surface area contributed by atoms with Gasteiger partial charge in [-0.05, 0) is 30.3 Å². The van der Waals surface area contributed by atoms with Gasteiger partial charge in [-0.25, -0.2) is 4.98 Å². The smallest absolute Gasteiger partial charge is 0.193 e. The van der Waals surface area contributed by atoms with Gasteiger partial charge >= 0.3 is 0 Å². The molecule has 3 N–H and O–H groups in total. The van der Waals surface area contributed by atoms with Crippen LogP contribution in [0.3, 0.4) is 0 Å². The first-order valence-electron chi connectivity index (χ1n) is 10.3. The summed E-state index contributed by atoms with van der Waals surface area (Å²) in [6.07, 6.45) is 0. The van der Waals surface area contributed by atoms with E-state index in [1.807, 2.05) is 49.5 Å². The topological polar surface area (TPSA) is 76.0 Å². The predicted molar refractivity (Wildman–Crippen MR) is 139 cm³/mol. The molecule has 8 heteroatoms. The van der Waals surface area contributed by atoms with E-state index < -0.39 is 0 Å². The maximum absolute atomic E-state index is 10.1. The van der Waals surface area contributed by atoms with Gasteiger partial charge in [0.05, 0.1) is 11.2 Å². The van der Waals surface area contributed by atoms with Crippen LogP contribution in [-0.2, 0) is 0 Å². The van der Waals surface area contributed by atoms with Crippen molar-refractivity contribution in [2.75, 3.05) is 56.5 Å². The fraction of sp³-hybridized carbons (Fsp3) is 0.304. The summed E-state index contributed by atoms with van der Waals surface area (Å²) in [5.74, 6) is 2.11. The van der Waals surface area contributed by atoms with Crippen LogP contribution in [0, 0.1) is 0 Å². The predicted octanol–water partition coefficient (Wildman–Crippen LogP) is 3.37. The molecule has 1 fully saturated rings. The molecule has 0 saturated carbocycles. The number of hydrogen-bond acceptors (Lipinski definition) is 5. The second kappa shape index (κ2) is 11.0. The zero-order valence-corrected chi connectivity index (χ0v) is 20.0. The van der Waals surface area contributed by atoms with Crippen molar-refractivity contribution in [2.24, 2.45) is 4.99 Å². The van der Waals surface area contributed by atoms with Gasteiger partial charge in [-0.1, -0.05) is 30.3 Å². The fourth-order valence-electron chi connectivity index (χ4n) is 3.75. The summed E-state index contributed by atoms with van der Waals surface area (Å²) < 4.78 is 0. The maximum Gasteiger partial charge on any atom is 0.193 e. The molecule has 0 aliphatic carbocycles. The van der Waals surface area contributed by atoms with E-state index in [0.717, 1.165) is 67.6 Å². The summed E-state index contributed by atoms with van der Waals surface area (Å²) in [6, 6.07) is 19.7. The van der Waals surface area contributed by atoms with Crippen molar-refractivity contribution in [3.8, 4) is 5.75 Å². The summed E-state index contributed by atoms with van der Waals surface area (Å²) in [6.45, 7) is 4.90. The number of guanidine groups is 1. The Morgan fingerprint density at radius 3 is 2.48 bits per heavy atom. The van der Waals surface area contributed by atoms with Gasteiger partial charge in [-0.3, -0.25) is 4.99 Å². The van der Waals surface area contributed by atoms with Crippen LogP contribution in [0.4, 0.5) is 11.5 Å².